The van der Waals surface area contributed by atoms with Crippen molar-refractivity contribution in [2.45, 2.75) is 6.92 Å². The van der Waals surface area contributed by atoms with Gasteiger partial charge in [-0.25, -0.2) is 4.98 Å². The fourth-order valence-corrected chi connectivity index (χ4v) is 1.52. The van der Waals surface area contributed by atoms with Gasteiger partial charge in [-0.2, -0.15) is 0 Å². The van der Waals surface area contributed by atoms with Crippen LogP contribution in [0.1, 0.15) is 11.3 Å². The molecule has 1 aromatic carbocycles. The first-order chi connectivity index (χ1) is 8.74. The number of rotatable bonds is 3. The van der Waals surface area contributed by atoms with Crippen LogP contribution in [0.25, 0.3) is 6.08 Å². The van der Waals surface area contributed by atoms with Crippen molar-refractivity contribution in [2.24, 2.45) is 0 Å². The summed E-state index contributed by atoms with van der Waals surface area (Å²) in [5, 5.41) is 2.72. The first kappa shape index (κ1) is 12.0. The third-order valence-corrected chi connectivity index (χ3v) is 2.37. The minimum atomic E-state index is -0.183. The molecule has 0 bridgehead atoms. The molecule has 0 atom stereocenters. The highest BCUT2D eigenvalue weighted by Crippen LogP contribution is 2.05. The van der Waals surface area contributed by atoms with E-state index >= 15 is 0 Å². The van der Waals surface area contributed by atoms with Crippen LogP contribution in [-0.4, -0.2) is 10.9 Å². The highest BCUT2D eigenvalue weighted by molar-refractivity contribution is 6.01. The molecule has 0 saturated carbocycles. The maximum atomic E-state index is 11.7. The standard InChI is InChI=1S/C15H14N2O/c1-12-6-5-9-14(16-12)17-15(18)11-10-13-7-3-2-4-8-13/h2-11H,1H3,(H,16,17,18)/b11-10-. The zero-order chi connectivity index (χ0) is 12.8. The monoisotopic (exact) mass is 238 g/mol. The largest absolute Gasteiger partial charge is 0.307 e. The van der Waals surface area contributed by atoms with Gasteiger partial charge in [-0.05, 0) is 30.7 Å². The summed E-state index contributed by atoms with van der Waals surface area (Å²) in [6.07, 6.45) is 3.27. The number of nitrogens with zero attached hydrogens (tertiary/aromatic N) is 1. The number of anilines is 1. The number of benzene rings is 1. The fourth-order valence-electron chi connectivity index (χ4n) is 1.52. The van der Waals surface area contributed by atoms with E-state index in [1.807, 2.05) is 49.4 Å². The number of hydrogen-bond acceptors (Lipinski definition) is 2. The van der Waals surface area contributed by atoms with E-state index in [9.17, 15) is 4.79 Å². The van der Waals surface area contributed by atoms with Crippen LogP contribution in [-0.2, 0) is 4.79 Å². The third kappa shape index (κ3) is 3.56. The number of pyridine rings is 1. The molecule has 2 rings (SSSR count). The summed E-state index contributed by atoms with van der Waals surface area (Å²) >= 11 is 0. The average molecular weight is 238 g/mol. The summed E-state index contributed by atoms with van der Waals surface area (Å²) < 4.78 is 0. The molecule has 90 valence electrons. The molecule has 1 N–H and O–H groups in total. The Balaban J connectivity index is 1.99. The first-order valence-electron chi connectivity index (χ1n) is 5.72. The van der Waals surface area contributed by atoms with Gasteiger partial charge in [-0.1, -0.05) is 36.4 Å². The van der Waals surface area contributed by atoms with Gasteiger partial charge in [0.15, 0.2) is 0 Å². The number of aryl methyl sites for hydroxylation is 1. The van der Waals surface area contributed by atoms with Crippen LogP contribution in [0.5, 0.6) is 0 Å². The average Bonchev–Trinajstić information content (AvgIpc) is 2.38. The molecule has 0 unspecified atom stereocenters. The maximum Gasteiger partial charge on any atom is 0.249 e. The Morgan fingerprint density at radius 2 is 1.89 bits per heavy atom. The molecule has 1 aromatic heterocycles. The maximum absolute atomic E-state index is 11.7. The second-order valence-corrected chi connectivity index (χ2v) is 3.90. The molecule has 0 radical (unpaired) electrons. The van der Waals surface area contributed by atoms with Crippen LogP contribution in [0.2, 0.25) is 0 Å². The summed E-state index contributed by atoms with van der Waals surface area (Å²) in [4.78, 5) is 15.9. The molecular weight excluding hydrogens is 224 g/mol. The summed E-state index contributed by atoms with van der Waals surface area (Å²) in [5.74, 6) is 0.384. The Labute approximate surface area is 106 Å². The van der Waals surface area contributed by atoms with Gasteiger partial charge < -0.3 is 5.32 Å². The van der Waals surface area contributed by atoms with Gasteiger partial charge >= 0.3 is 0 Å². The number of aromatic nitrogens is 1. The minimum absolute atomic E-state index is 0.183. The lowest BCUT2D eigenvalue weighted by Gasteiger charge is -2.01. The summed E-state index contributed by atoms with van der Waals surface area (Å²) in [5.41, 5.74) is 1.87. The minimum Gasteiger partial charge on any atom is -0.307 e. The number of carbonyl (C=O) groups excluding carboxylic acids is 1. The Morgan fingerprint density at radius 3 is 2.61 bits per heavy atom. The molecule has 0 fully saturated rings. The fraction of sp³-hybridized carbons (Fsp3) is 0.0667. The lowest BCUT2D eigenvalue weighted by atomic mass is 10.2. The normalized spacial score (nSPS) is 10.5. The smallest absolute Gasteiger partial charge is 0.249 e. The van der Waals surface area contributed by atoms with Crippen LogP contribution >= 0.6 is 0 Å². The molecule has 1 heterocycles. The lowest BCUT2D eigenvalue weighted by Crippen LogP contribution is -2.09. The molecule has 3 nitrogen and oxygen atoms in total. The van der Waals surface area contributed by atoms with Gasteiger partial charge in [-0.3, -0.25) is 4.79 Å². The second kappa shape index (κ2) is 5.77. The predicted molar refractivity (Wildman–Crippen MR) is 73.1 cm³/mol. The van der Waals surface area contributed by atoms with Crippen molar-refractivity contribution in [3.63, 3.8) is 0 Å². The van der Waals surface area contributed by atoms with Crippen LogP contribution in [0.3, 0.4) is 0 Å². The Hall–Kier alpha value is -2.42. The van der Waals surface area contributed by atoms with Gasteiger partial charge in [0.25, 0.3) is 0 Å². The number of carbonyl (C=O) groups is 1. The van der Waals surface area contributed by atoms with E-state index < -0.39 is 0 Å². The van der Waals surface area contributed by atoms with E-state index in [0.717, 1.165) is 11.3 Å². The molecule has 0 aliphatic rings. The van der Waals surface area contributed by atoms with E-state index in [0.29, 0.717) is 5.82 Å². The van der Waals surface area contributed by atoms with Crippen LogP contribution in [0.4, 0.5) is 5.82 Å². The lowest BCUT2D eigenvalue weighted by molar-refractivity contribution is -0.111. The van der Waals surface area contributed by atoms with E-state index in [1.54, 1.807) is 12.1 Å². The van der Waals surface area contributed by atoms with E-state index in [4.69, 9.17) is 0 Å². The van der Waals surface area contributed by atoms with Crippen molar-refractivity contribution >= 4 is 17.8 Å². The summed E-state index contributed by atoms with van der Waals surface area (Å²) in [7, 11) is 0. The molecule has 0 aliphatic heterocycles. The SMILES string of the molecule is Cc1cccc(NC(=O)/C=C\c2ccccc2)n1. The Kier molecular flexibility index (Phi) is 3.86. The predicted octanol–water partition coefficient (Wildman–Crippen LogP) is 3.04. The highest BCUT2D eigenvalue weighted by Gasteiger charge is 1.98. The summed E-state index contributed by atoms with van der Waals surface area (Å²) in [6, 6.07) is 15.2. The molecule has 3 heteroatoms. The van der Waals surface area contributed by atoms with E-state index in [-0.39, 0.29) is 5.91 Å². The Bertz CT molecular complexity index is 562. The van der Waals surface area contributed by atoms with Crippen molar-refractivity contribution < 1.29 is 4.79 Å². The van der Waals surface area contributed by atoms with Crippen LogP contribution in [0, 0.1) is 6.92 Å². The molecule has 1 amide bonds. The topological polar surface area (TPSA) is 42.0 Å². The summed E-state index contributed by atoms with van der Waals surface area (Å²) in [6.45, 7) is 1.88. The van der Waals surface area contributed by atoms with Crippen molar-refractivity contribution in [1.29, 1.82) is 0 Å². The second-order valence-electron chi connectivity index (χ2n) is 3.90. The van der Waals surface area contributed by atoms with Crippen LogP contribution < -0.4 is 5.32 Å². The van der Waals surface area contributed by atoms with Crippen molar-refractivity contribution in [3.8, 4) is 0 Å². The number of amides is 1. The quantitative estimate of drug-likeness (QED) is 0.835. The molecule has 0 aliphatic carbocycles. The van der Waals surface area contributed by atoms with Crippen LogP contribution in [0.15, 0.2) is 54.6 Å². The molecule has 18 heavy (non-hydrogen) atoms. The van der Waals surface area contributed by atoms with Crippen molar-refractivity contribution in [1.82, 2.24) is 4.98 Å². The molecule has 0 saturated heterocycles. The molecule has 2 aromatic rings. The van der Waals surface area contributed by atoms with E-state index in [1.165, 1.54) is 6.08 Å². The third-order valence-electron chi connectivity index (χ3n) is 2.37. The van der Waals surface area contributed by atoms with Crippen molar-refractivity contribution in [3.05, 3.63) is 65.9 Å². The van der Waals surface area contributed by atoms with Gasteiger partial charge in [0.05, 0.1) is 0 Å². The number of nitrogens with one attached hydrogen (secondary N) is 1. The zero-order valence-electron chi connectivity index (χ0n) is 10.1. The van der Waals surface area contributed by atoms with Crippen molar-refractivity contribution in [2.75, 3.05) is 5.32 Å². The molecule has 0 spiro atoms. The Morgan fingerprint density at radius 1 is 1.11 bits per heavy atom. The number of hydrogen-bond donors (Lipinski definition) is 1. The van der Waals surface area contributed by atoms with Gasteiger partial charge in [0.2, 0.25) is 5.91 Å². The zero-order valence-corrected chi connectivity index (χ0v) is 10.1. The highest BCUT2D eigenvalue weighted by atomic mass is 16.1. The van der Waals surface area contributed by atoms with Gasteiger partial charge in [0, 0.05) is 11.8 Å². The first-order valence-corrected chi connectivity index (χ1v) is 5.72. The van der Waals surface area contributed by atoms with Gasteiger partial charge in [-0.15, -0.1) is 0 Å². The molecular formula is C15H14N2O. The van der Waals surface area contributed by atoms with Gasteiger partial charge in [0.1, 0.15) is 5.82 Å². The van der Waals surface area contributed by atoms with E-state index in [2.05, 4.69) is 10.3 Å².